The van der Waals surface area contributed by atoms with Gasteiger partial charge in [-0.2, -0.15) is 4.39 Å². The lowest BCUT2D eigenvalue weighted by Crippen LogP contribution is -2.33. The molecular formula is C15H15FN2O2. The van der Waals surface area contributed by atoms with Crippen molar-refractivity contribution in [3.63, 3.8) is 0 Å². The van der Waals surface area contributed by atoms with E-state index in [4.69, 9.17) is 5.73 Å². The van der Waals surface area contributed by atoms with Gasteiger partial charge in [0, 0.05) is 12.3 Å². The van der Waals surface area contributed by atoms with Gasteiger partial charge in [0.05, 0.1) is 7.11 Å². The van der Waals surface area contributed by atoms with Crippen molar-refractivity contribution in [1.82, 2.24) is 4.98 Å². The lowest BCUT2D eigenvalue weighted by atomic mass is 10.0. The van der Waals surface area contributed by atoms with E-state index < -0.39 is 18.0 Å². The maximum Gasteiger partial charge on any atom is 0.322 e. The minimum Gasteiger partial charge on any atom is -0.468 e. The van der Waals surface area contributed by atoms with Gasteiger partial charge in [0.25, 0.3) is 0 Å². The molecule has 0 amide bonds. The summed E-state index contributed by atoms with van der Waals surface area (Å²) < 4.78 is 17.6. The molecule has 0 aliphatic heterocycles. The molecule has 1 atom stereocenters. The van der Waals surface area contributed by atoms with Gasteiger partial charge in [0.1, 0.15) is 6.04 Å². The third-order valence-corrected chi connectivity index (χ3v) is 2.97. The largest absolute Gasteiger partial charge is 0.468 e. The van der Waals surface area contributed by atoms with Crippen molar-refractivity contribution >= 4 is 5.97 Å². The molecule has 1 heterocycles. The molecule has 0 aliphatic carbocycles. The number of halogens is 1. The summed E-state index contributed by atoms with van der Waals surface area (Å²) in [5.74, 6) is -0.954. The van der Waals surface area contributed by atoms with Crippen LogP contribution in [0.5, 0.6) is 0 Å². The molecule has 0 saturated heterocycles. The zero-order valence-corrected chi connectivity index (χ0v) is 11.0. The molecule has 1 aromatic heterocycles. The summed E-state index contributed by atoms with van der Waals surface area (Å²) in [6.45, 7) is 0. The van der Waals surface area contributed by atoms with Gasteiger partial charge in [-0.25, -0.2) is 4.98 Å². The summed E-state index contributed by atoms with van der Waals surface area (Å²) in [5.41, 5.74) is 8.24. The number of pyridine rings is 1. The van der Waals surface area contributed by atoms with E-state index in [1.807, 2.05) is 24.3 Å². The van der Waals surface area contributed by atoms with Crippen LogP contribution in [0.2, 0.25) is 0 Å². The van der Waals surface area contributed by atoms with Gasteiger partial charge in [-0.1, -0.05) is 24.3 Å². The van der Waals surface area contributed by atoms with Gasteiger partial charge >= 0.3 is 5.97 Å². The Hall–Kier alpha value is -2.27. The molecular weight excluding hydrogens is 259 g/mol. The quantitative estimate of drug-likeness (QED) is 0.683. The summed E-state index contributed by atoms with van der Waals surface area (Å²) in [6.07, 6.45) is 1.82. The molecule has 0 bridgehead atoms. The number of benzene rings is 1. The summed E-state index contributed by atoms with van der Waals surface area (Å²) in [6, 6.07) is 9.85. The van der Waals surface area contributed by atoms with Crippen molar-refractivity contribution in [3.8, 4) is 11.1 Å². The maximum atomic E-state index is 13.1. The monoisotopic (exact) mass is 274 g/mol. The average Bonchev–Trinajstić information content (AvgIpc) is 2.47. The summed E-state index contributed by atoms with van der Waals surface area (Å²) >= 11 is 0. The number of ether oxygens (including phenoxy) is 1. The lowest BCUT2D eigenvalue weighted by molar-refractivity contribution is -0.142. The van der Waals surface area contributed by atoms with Crippen molar-refractivity contribution in [2.45, 2.75) is 12.5 Å². The van der Waals surface area contributed by atoms with E-state index in [1.165, 1.54) is 19.4 Å². The van der Waals surface area contributed by atoms with E-state index in [2.05, 4.69) is 9.72 Å². The Bertz CT molecular complexity index is 599. The number of esters is 1. The van der Waals surface area contributed by atoms with Gasteiger partial charge in [-0.3, -0.25) is 4.79 Å². The summed E-state index contributed by atoms with van der Waals surface area (Å²) in [7, 11) is 1.31. The molecule has 20 heavy (non-hydrogen) atoms. The minimum absolute atomic E-state index is 0.400. The first kappa shape index (κ1) is 14.1. The topological polar surface area (TPSA) is 65.2 Å². The van der Waals surface area contributed by atoms with E-state index in [1.54, 1.807) is 6.07 Å². The van der Waals surface area contributed by atoms with Gasteiger partial charge in [0.2, 0.25) is 5.95 Å². The highest BCUT2D eigenvalue weighted by atomic mass is 19.1. The van der Waals surface area contributed by atoms with E-state index in [-0.39, 0.29) is 0 Å². The van der Waals surface area contributed by atoms with E-state index in [0.29, 0.717) is 6.42 Å². The molecule has 5 heteroatoms. The van der Waals surface area contributed by atoms with Crippen molar-refractivity contribution in [2.75, 3.05) is 7.11 Å². The van der Waals surface area contributed by atoms with Crippen LogP contribution in [0.1, 0.15) is 5.56 Å². The Kier molecular flexibility index (Phi) is 4.42. The van der Waals surface area contributed by atoms with Crippen molar-refractivity contribution in [3.05, 3.63) is 54.1 Å². The van der Waals surface area contributed by atoms with Gasteiger partial charge in [0.15, 0.2) is 0 Å². The average molecular weight is 274 g/mol. The molecule has 2 aromatic rings. The predicted octanol–water partition coefficient (Wildman–Crippen LogP) is 1.93. The molecule has 4 nitrogen and oxygen atoms in total. The number of rotatable bonds is 4. The van der Waals surface area contributed by atoms with Crippen molar-refractivity contribution in [2.24, 2.45) is 5.73 Å². The van der Waals surface area contributed by atoms with Crippen LogP contribution in [0.3, 0.4) is 0 Å². The number of nitrogens with zero attached hydrogens (tertiary/aromatic N) is 1. The first-order valence-corrected chi connectivity index (χ1v) is 6.14. The van der Waals surface area contributed by atoms with E-state index in [0.717, 1.165) is 16.7 Å². The molecule has 0 aliphatic rings. The highest BCUT2D eigenvalue weighted by molar-refractivity contribution is 5.75. The molecule has 104 valence electrons. The van der Waals surface area contributed by atoms with E-state index in [9.17, 15) is 9.18 Å². The van der Waals surface area contributed by atoms with Crippen LogP contribution < -0.4 is 5.73 Å². The van der Waals surface area contributed by atoms with Crippen LogP contribution in [-0.2, 0) is 16.0 Å². The second-order valence-corrected chi connectivity index (χ2v) is 4.40. The number of hydrogen-bond donors (Lipinski definition) is 1. The summed E-state index contributed by atoms with van der Waals surface area (Å²) in [4.78, 5) is 14.8. The number of carbonyl (C=O) groups is 1. The predicted molar refractivity (Wildman–Crippen MR) is 73.3 cm³/mol. The van der Waals surface area contributed by atoms with Crippen LogP contribution in [0, 0.1) is 5.95 Å². The first-order chi connectivity index (χ1) is 9.60. The van der Waals surface area contributed by atoms with Gasteiger partial charge in [-0.15, -0.1) is 0 Å². The Morgan fingerprint density at radius 1 is 1.30 bits per heavy atom. The van der Waals surface area contributed by atoms with Crippen LogP contribution in [0.25, 0.3) is 11.1 Å². The van der Waals surface area contributed by atoms with Crippen LogP contribution in [0.15, 0.2) is 42.6 Å². The molecule has 0 saturated carbocycles. The number of aromatic nitrogens is 1. The maximum absolute atomic E-state index is 13.1. The molecule has 0 spiro atoms. The molecule has 0 fully saturated rings. The standard InChI is InChI=1S/C15H15FN2O2/c1-20-15(19)13(17)8-10-2-4-11(5-3-10)12-6-7-18-14(16)9-12/h2-7,9,13H,8,17H2,1H3/t13-/m0/s1. The van der Waals surface area contributed by atoms with Crippen LogP contribution >= 0.6 is 0 Å². The molecule has 1 aromatic carbocycles. The first-order valence-electron chi connectivity index (χ1n) is 6.14. The van der Waals surface area contributed by atoms with Gasteiger partial charge < -0.3 is 10.5 Å². The fraction of sp³-hybridized carbons (Fsp3) is 0.200. The Labute approximate surface area is 116 Å². The second-order valence-electron chi connectivity index (χ2n) is 4.40. The lowest BCUT2D eigenvalue weighted by Gasteiger charge is -2.09. The summed E-state index contributed by atoms with van der Waals surface area (Å²) in [5, 5.41) is 0. The molecule has 2 N–H and O–H groups in total. The number of carbonyl (C=O) groups excluding carboxylic acids is 1. The number of nitrogens with two attached hydrogens (primary N) is 1. The smallest absolute Gasteiger partial charge is 0.322 e. The minimum atomic E-state index is -0.677. The SMILES string of the molecule is COC(=O)[C@@H](N)Cc1ccc(-c2ccnc(F)c2)cc1. The van der Waals surface area contributed by atoms with Crippen molar-refractivity contribution in [1.29, 1.82) is 0 Å². The highest BCUT2D eigenvalue weighted by Gasteiger charge is 2.14. The van der Waals surface area contributed by atoms with Gasteiger partial charge in [-0.05, 0) is 29.2 Å². The highest BCUT2D eigenvalue weighted by Crippen LogP contribution is 2.20. The third kappa shape index (κ3) is 3.39. The fourth-order valence-corrected chi connectivity index (χ4v) is 1.90. The molecule has 2 rings (SSSR count). The molecule has 0 unspecified atom stereocenters. The molecule has 0 radical (unpaired) electrons. The fourth-order valence-electron chi connectivity index (χ4n) is 1.90. The second kappa shape index (κ2) is 6.25. The van der Waals surface area contributed by atoms with Crippen LogP contribution in [-0.4, -0.2) is 24.1 Å². The normalized spacial score (nSPS) is 11.9. The number of methoxy groups -OCH3 is 1. The Morgan fingerprint density at radius 3 is 2.60 bits per heavy atom. The zero-order valence-electron chi connectivity index (χ0n) is 11.0. The zero-order chi connectivity index (χ0) is 14.5. The Balaban J connectivity index is 2.12. The number of hydrogen-bond acceptors (Lipinski definition) is 4. The van der Waals surface area contributed by atoms with Crippen LogP contribution in [0.4, 0.5) is 4.39 Å². The third-order valence-electron chi connectivity index (χ3n) is 2.97. The Morgan fingerprint density at radius 2 is 2.00 bits per heavy atom. The van der Waals surface area contributed by atoms with E-state index >= 15 is 0 Å². The van der Waals surface area contributed by atoms with Crippen molar-refractivity contribution < 1.29 is 13.9 Å².